The van der Waals surface area contributed by atoms with Gasteiger partial charge >= 0.3 is 6.85 Å². The molecule has 0 spiro atoms. The first kappa shape index (κ1) is 25.6. The molecule has 2 aliphatic heterocycles. The summed E-state index contributed by atoms with van der Waals surface area (Å²) >= 11 is 0. The molecule has 5 nitrogen and oxygen atoms in total. The zero-order valence-electron chi connectivity index (χ0n) is 25.8. The second kappa shape index (κ2) is 9.15. The molecule has 0 aliphatic carbocycles. The second-order valence-corrected chi connectivity index (χ2v) is 12.7. The minimum absolute atomic E-state index is 0.0697. The minimum Gasteiger partial charge on any atom is -0.436 e. The highest BCUT2D eigenvalue weighted by Gasteiger charge is 2.44. The molecule has 46 heavy (non-hydrogen) atoms. The van der Waals surface area contributed by atoms with Crippen LogP contribution in [0.5, 0.6) is 0 Å². The maximum Gasteiger partial charge on any atom is 0.333 e. The summed E-state index contributed by atoms with van der Waals surface area (Å²) in [6.45, 7) is 2.19. The van der Waals surface area contributed by atoms with E-state index < -0.39 is 0 Å². The Morgan fingerprint density at radius 3 is 2.33 bits per heavy atom. The Labute approximate surface area is 267 Å². The summed E-state index contributed by atoms with van der Waals surface area (Å²) in [6, 6.07) is 43.7. The zero-order valence-corrected chi connectivity index (χ0v) is 25.8. The number of hydrogen-bond acceptors (Lipinski definition) is 4. The van der Waals surface area contributed by atoms with Crippen molar-refractivity contribution in [3.05, 3.63) is 127 Å². The van der Waals surface area contributed by atoms with Gasteiger partial charge in [-0.25, -0.2) is 4.98 Å². The van der Waals surface area contributed by atoms with E-state index >= 15 is 0 Å². The molecule has 6 heteroatoms. The van der Waals surface area contributed by atoms with Gasteiger partial charge in [-0.3, -0.25) is 0 Å². The summed E-state index contributed by atoms with van der Waals surface area (Å²) in [5.74, 6) is 0.639. The Kier molecular flexibility index (Phi) is 5.08. The van der Waals surface area contributed by atoms with Gasteiger partial charge < -0.3 is 18.7 Å². The van der Waals surface area contributed by atoms with E-state index in [2.05, 4.69) is 138 Å². The summed E-state index contributed by atoms with van der Waals surface area (Å²) in [4.78, 5) is 9.70. The Morgan fingerprint density at radius 1 is 0.739 bits per heavy atom. The molecule has 10 rings (SSSR count). The SMILES string of the molecule is Cc1cc2c3c4c1c1ccccc1n4-c1cc4nc(-c5ccccc5)oc4cc1B3N(c1ccc(N(C)C)cc1)c1ccccc1-2. The molecule has 2 aromatic heterocycles. The molecule has 6 aromatic carbocycles. The Hall–Kier alpha value is -5.75. The first-order chi connectivity index (χ1) is 22.6. The van der Waals surface area contributed by atoms with Crippen LogP contribution >= 0.6 is 0 Å². The van der Waals surface area contributed by atoms with Gasteiger partial charge in [-0.1, -0.05) is 60.7 Å². The predicted octanol–water partition coefficient (Wildman–Crippen LogP) is 8.20. The molecule has 2 aliphatic rings. The van der Waals surface area contributed by atoms with E-state index in [1.807, 2.05) is 18.2 Å². The molecular formula is C40H29BN4O. The molecule has 0 radical (unpaired) electrons. The minimum atomic E-state index is -0.0697. The summed E-state index contributed by atoms with van der Waals surface area (Å²) in [5.41, 5.74) is 16.2. The van der Waals surface area contributed by atoms with Gasteiger partial charge in [-0.05, 0) is 89.6 Å². The van der Waals surface area contributed by atoms with Crippen LogP contribution in [-0.4, -0.2) is 30.5 Å². The lowest BCUT2D eigenvalue weighted by atomic mass is 9.44. The van der Waals surface area contributed by atoms with Crippen LogP contribution in [0.25, 0.3) is 61.2 Å². The molecule has 218 valence electrons. The number of para-hydroxylation sites is 2. The number of anilines is 3. The molecule has 4 heterocycles. The van der Waals surface area contributed by atoms with Crippen LogP contribution in [0.1, 0.15) is 5.56 Å². The Bertz CT molecular complexity index is 2530. The predicted molar refractivity (Wildman–Crippen MR) is 192 cm³/mol. The largest absolute Gasteiger partial charge is 0.436 e. The normalized spacial score (nSPS) is 13.0. The van der Waals surface area contributed by atoms with Gasteiger partial charge in [0.1, 0.15) is 5.52 Å². The van der Waals surface area contributed by atoms with E-state index in [0.29, 0.717) is 5.89 Å². The molecule has 0 N–H and O–H groups in total. The Balaban J connectivity index is 1.35. The first-order valence-corrected chi connectivity index (χ1v) is 15.8. The number of aromatic nitrogens is 2. The van der Waals surface area contributed by atoms with Crippen molar-refractivity contribution in [2.24, 2.45) is 0 Å². The summed E-state index contributed by atoms with van der Waals surface area (Å²) in [6.07, 6.45) is 0. The van der Waals surface area contributed by atoms with Crippen molar-refractivity contribution < 1.29 is 4.42 Å². The van der Waals surface area contributed by atoms with E-state index in [0.717, 1.165) is 28.0 Å². The van der Waals surface area contributed by atoms with Crippen LogP contribution in [0.4, 0.5) is 17.1 Å². The van der Waals surface area contributed by atoms with E-state index in [1.54, 1.807) is 0 Å². The quantitative estimate of drug-likeness (QED) is 0.194. The maximum absolute atomic E-state index is 6.52. The number of nitrogens with zero attached hydrogens (tertiary/aromatic N) is 4. The van der Waals surface area contributed by atoms with Crippen molar-refractivity contribution in [3.8, 4) is 28.3 Å². The fourth-order valence-corrected chi connectivity index (χ4v) is 7.91. The van der Waals surface area contributed by atoms with Gasteiger partial charge in [0, 0.05) is 58.7 Å². The van der Waals surface area contributed by atoms with Crippen LogP contribution in [0.15, 0.2) is 126 Å². The first-order valence-electron chi connectivity index (χ1n) is 15.8. The highest BCUT2D eigenvalue weighted by Crippen LogP contribution is 2.46. The molecule has 0 fully saturated rings. The van der Waals surface area contributed by atoms with Gasteiger partial charge in [0.25, 0.3) is 0 Å². The third-order valence-electron chi connectivity index (χ3n) is 9.90. The fourth-order valence-electron chi connectivity index (χ4n) is 7.91. The van der Waals surface area contributed by atoms with Crippen molar-refractivity contribution in [1.29, 1.82) is 0 Å². The maximum atomic E-state index is 6.52. The number of benzene rings is 6. The van der Waals surface area contributed by atoms with Gasteiger partial charge in [0.15, 0.2) is 5.58 Å². The van der Waals surface area contributed by atoms with Crippen LogP contribution in [-0.2, 0) is 0 Å². The molecule has 0 amide bonds. The third-order valence-corrected chi connectivity index (χ3v) is 9.90. The lowest BCUT2D eigenvalue weighted by Crippen LogP contribution is -2.60. The summed E-state index contributed by atoms with van der Waals surface area (Å²) in [5, 5.41) is 2.59. The smallest absolute Gasteiger partial charge is 0.333 e. The lowest BCUT2D eigenvalue weighted by molar-refractivity contribution is 0.620. The zero-order chi connectivity index (χ0) is 30.7. The van der Waals surface area contributed by atoms with Gasteiger partial charge in [0.05, 0.1) is 11.0 Å². The molecule has 0 bridgehead atoms. The molecule has 0 atom stereocenters. The van der Waals surface area contributed by atoms with Crippen LogP contribution in [0, 0.1) is 6.92 Å². The summed E-state index contributed by atoms with van der Waals surface area (Å²) < 4.78 is 9.00. The van der Waals surface area contributed by atoms with Gasteiger partial charge in [-0.15, -0.1) is 0 Å². The number of fused-ring (bicyclic) bond motifs is 9. The number of rotatable bonds is 3. The molecule has 0 saturated carbocycles. The monoisotopic (exact) mass is 592 g/mol. The average molecular weight is 593 g/mol. The number of hydrogen-bond donors (Lipinski definition) is 0. The van der Waals surface area contributed by atoms with E-state index in [4.69, 9.17) is 9.40 Å². The van der Waals surface area contributed by atoms with E-state index in [-0.39, 0.29) is 6.85 Å². The number of aryl methyl sites for hydroxylation is 1. The molecule has 0 unspecified atom stereocenters. The van der Waals surface area contributed by atoms with Crippen LogP contribution < -0.4 is 20.6 Å². The highest BCUT2D eigenvalue weighted by molar-refractivity contribution is 6.93. The third kappa shape index (κ3) is 3.33. The lowest BCUT2D eigenvalue weighted by Gasteiger charge is -2.42. The van der Waals surface area contributed by atoms with Crippen molar-refractivity contribution in [2.75, 3.05) is 23.8 Å². The van der Waals surface area contributed by atoms with Gasteiger partial charge in [-0.2, -0.15) is 0 Å². The average Bonchev–Trinajstić information content (AvgIpc) is 3.67. The molecule has 8 aromatic rings. The van der Waals surface area contributed by atoms with E-state index in [9.17, 15) is 0 Å². The van der Waals surface area contributed by atoms with Crippen molar-refractivity contribution in [1.82, 2.24) is 9.55 Å². The summed E-state index contributed by atoms with van der Waals surface area (Å²) in [7, 11) is 4.17. The van der Waals surface area contributed by atoms with Crippen molar-refractivity contribution in [2.45, 2.75) is 6.92 Å². The standard InChI is InChI=1S/C40H29BN4O/c1-24-21-30-28-13-7-10-16-34(28)45(27-19-17-26(18-20-27)43(2)3)41-31-22-36-32(42-40(46-36)25-11-5-4-6-12-25)23-35(31)44-33-15-9-8-14-29(33)37(24)39(44)38(30)41/h4-23H,1-3H3. The highest BCUT2D eigenvalue weighted by atomic mass is 16.3. The van der Waals surface area contributed by atoms with Crippen LogP contribution in [0.2, 0.25) is 0 Å². The topological polar surface area (TPSA) is 37.4 Å². The van der Waals surface area contributed by atoms with Crippen LogP contribution in [0.3, 0.4) is 0 Å². The fraction of sp³-hybridized carbons (Fsp3) is 0.0750. The number of oxazole rings is 1. The van der Waals surface area contributed by atoms with Crippen molar-refractivity contribution in [3.63, 3.8) is 0 Å². The second-order valence-electron chi connectivity index (χ2n) is 12.7. The van der Waals surface area contributed by atoms with Gasteiger partial charge in [0.2, 0.25) is 5.89 Å². The van der Waals surface area contributed by atoms with E-state index in [1.165, 1.54) is 60.8 Å². The Morgan fingerprint density at radius 2 is 1.50 bits per heavy atom. The molecule has 0 saturated heterocycles. The van der Waals surface area contributed by atoms with Crippen molar-refractivity contribution >= 4 is 67.7 Å². The molecular weight excluding hydrogens is 563 g/mol.